The first-order valence-electron chi connectivity index (χ1n) is 13.6. The molecular weight excluding hydrogens is 524 g/mol. The van der Waals surface area contributed by atoms with Crippen molar-refractivity contribution in [3.8, 4) is 0 Å². The molecular formula is C33H34O6S. The van der Waals surface area contributed by atoms with E-state index in [0.717, 1.165) is 16.7 Å². The maximum atomic E-state index is 12.8. The van der Waals surface area contributed by atoms with E-state index < -0.39 is 12.1 Å². The molecule has 4 atom stereocenters. The Balaban J connectivity index is 1.41. The zero-order valence-corrected chi connectivity index (χ0v) is 23.3. The van der Waals surface area contributed by atoms with Gasteiger partial charge in [-0.15, -0.1) is 11.8 Å². The quantitative estimate of drug-likeness (QED) is 0.164. The largest absolute Gasteiger partial charge is 0.467 e. The van der Waals surface area contributed by atoms with E-state index in [0.29, 0.717) is 37.8 Å². The van der Waals surface area contributed by atoms with Gasteiger partial charge < -0.3 is 23.4 Å². The monoisotopic (exact) mass is 558 g/mol. The Labute approximate surface area is 239 Å². The fourth-order valence-corrected chi connectivity index (χ4v) is 6.41. The smallest absolute Gasteiger partial charge is 0.341 e. The summed E-state index contributed by atoms with van der Waals surface area (Å²) in [6.07, 6.45) is 0.837. The molecule has 0 spiro atoms. The molecule has 1 aliphatic heterocycles. The highest BCUT2D eigenvalue weighted by Gasteiger charge is 2.49. The number of hydrogen-bond acceptors (Lipinski definition) is 7. The first-order valence-corrected chi connectivity index (χ1v) is 14.5. The Morgan fingerprint density at radius 3 is 1.88 bits per heavy atom. The van der Waals surface area contributed by atoms with Crippen molar-refractivity contribution in [2.24, 2.45) is 0 Å². The van der Waals surface area contributed by atoms with Gasteiger partial charge in [0.1, 0.15) is 17.4 Å². The minimum Gasteiger partial charge on any atom is -0.467 e. The van der Waals surface area contributed by atoms with Crippen molar-refractivity contribution in [3.05, 3.63) is 131 Å². The summed E-state index contributed by atoms with van der Waals surface area (Å²) in [5.41, 5.74) is 3.66. The molecule has 2 heterocycles. The van der Waals surface area contributed by atoms with Crippen molar-refractivity contribution < 1.29 is 28.2 Å². The van der Waals surface area contributed by atoms with Crippen molar-refractivity contribution in [3.63, 3.8) is 0 Å². The predicted octanol–water partition coefficient (Wildman–Crippen LogP) is 7.00. The normalized spacial score (nSPS) is 20.4. The zero-order valence-electron chi connectivity index (χ0n) is 22.5. The molecule has 0 amide bonds. The van der Waals surface area contributed by atoms with Gasteiger partial charge >= 0.3 is 5.97 Å². The summed E-state index contributed by atoms with van der Waals surface area (Å²) in [6.45, 7) is 3.87. The van der Waals surface area contributed by atoms with Gasteiger partial charge in [0, 0.05) is 0 Å². The Morgan fingerprint density at radius 1 is 0.750 bits per heavy atom. The van der Waals surface area contributed by atoms with Crippen LogP contribution < -0.4 is 0 Å². The summed E-state index contributed by atoms with van der Waals surface area (Å²) in [4.78, 5) is 12.8. The number of esters is 1. The summed E-state index contributed by atoms with van der Waals surface area (Å²) in [5, 5.41) is -0.345. The van der Waals surface area contributed by atoms with Crippen LogP contribution in [0.3, 0.4) is 0 Å². The predicted molar refractivity (Wildman–Crippen MR) is 155 cm³/mol. The summed E-state index contributed by atoms with van der Waals surface area (Å²) in [6, 6.07) is 31.9. The van der Waals surface area contributed by atoms with Gasteiger partial charge in [0.25, 0.3) is 0 Å². The van der Waals surface area contributed by atoms with Crippen molar-refractivity contribution in [1.82, 2.24) is 0 Å². The minimum atomic E-state index is -0.404. The van der Waals surface area contributed by atoms with Crippen LogP contribution in [0.15, 0.2) is 108 Å². The number of furan rings is 1. The molecule has 1 saturated heterocycles. The van der Waals surface area contributed by atoms with E-state index in [9.17, 15) is 4.79 Å². The number of ether oxygens (including phenoxy) is 4. The van der Waals surface area contributed by atoms with Gasteiger partial charge in [-0.05, 0) is 29.7 Å². The van der Waals surface area contributed by atoms with E-state index in [4.69, 9.17) is 23.4 Å². The van der Waals surface area contributed by atoms with Gasteiger partial charge in [0.05, 0.1) is 55.9 Å². The van der Waals surface area contributed by atoms with Crippen molar-refractivity contribution in [1.29, 1.82) is 0 Å². The summed E-state index contributed by atoms with van der Waals surface area (Å²) in [7, 11) is 0. The molecule has 1 fully saturated rings. The van der Waals surface area contributed by atoms with Gasteiger partial charge in [0.2, 0.25) is 0 Å². The van der Waals surface area contributed by atoms with Crippen LogP contribution in [0.5, 0.6) is 0 Å². The average Bonchev–Trinajstić information content (AvgIpc) is 3.62. The molecule has 0 aliphatic carbocycles. The highest BCUT2D eigenvalue weighted by molar-refractivity contribution is 8.00. The number of hydrogen-bond donors (Lipinski definition) is 0. The Hall–Kier alpha value is -3.36. The van der Waals surface area contributed by atoms with Crippen LogP contribution in [0.25, 0.3) is 0 Å². The molecule has 40 heavy (non-hydrogen) atoms. The highest BCUT2D eigenvalue weighted by atomic mass is 32.2. The van der Waals surface area contributed by atoms with E-state index in [1.807, 2.05) is 91.0 Å². The lowest BCUT2D eigenvalue weighted by molar-refractivity contribution is -0.0872. The lowest BCUT2D eigenvalue weighted by atomic mass is 10.0. The van der Waals surface area contributed by atoms with Crippen LogP contribution in [-0.4, -0.2) is 36.6 Å². The van der Waals surface area contributed by atoms with Gasteiger partial charge in [-0.25, -0.2) is 4.79 Å². The second kappa shape index (κ2) is 14.3. The number of thioether (sulfide) groups is 1. The molecule has 7 heteroatoms. The molecule has 5 rings (SSSR count). The van der Waals surface area contributed by atoms with Gasteiger partial charge in [-0.3, -0.25) is 0 Å². The van der Waals surface area contributed by atoms with Crippen LogP contribution in [-0.2, 0) is 38.8 Å². The first-order chi connectivity index (χ1) is 19.7. The van der Waals surface area contributed by atoms with Gasteiger partial charge in [-0.2, -0.15) is 0 Å². The Morgan fingerprint density at radius 2 is 1.30 bits per heavy atom. The number of rotatable bonds is 13. The van der Waals surface area contributed by atoms with E-state index in [-0.39, 0.29) is 23.2 Å². The van der Waals surface area contributed by atoms with Crippen LogP contribution >= 0.6 is 11.8 Å². The molecule has 0 saturated carbocycles. The fourth-order valence-electron chi connectivity index (χ4n) is 4.78. The zero-order chi connectivity index (χ0) is 27.6. The molecule has 1 aromatic heterocycles. The lowest BCUT2D eigenvalue weighted by Gasteiger charge is -2.26. The second-order valence-corrected chi connectivity index (χ2v) is 10.9. The summed E-state index contributed by atoms with van der Waals surface area (Å²) in [5.74, 6) is 0.138. The Kier molecular flexibility index (Phi) is 10.1. The minimum absolute atomic E-state index is 0.0571. The van der Waals surface area contributed by atoms with Crippen LogP contribution in [0, 0.1) is 0 Å². The molecule has 4 aromatic rings. The van der Waals surface area contributed by atoms with E-state index in [1.165, 1.54) is 6.26 Å². The summed E-state index contributed by atoms with van der Waals surface area (Å²) < 4.78 is 30.7. The molecule has 0 radical (unpaired) electrons. The second-order valence-electron chi connectivity index (χ2n) is 9.54. The van der Waals surface area contributed by atoms with E-state index in [1.54, 1.807) is 24.8 Å². The number of carbonyl (C=O) groups is 1. The molecule has 0 bridgehead atoms. The van der Waals surface area contributed by atoms with Gasteiger partial charge in [-0.1, -0.05) is 91.0 Å². The molecule has 208 valence electrons. The highest BCUT2D eigenvalue weighted by Crippen LogP contribution is 2.49. The molecule has 1 aliphatic rings. The molecule has 6 nitrogen and oxygen atoms in total. The van der Waals surface area contributed by atoms with E-state index >= 15 is 0 Å². The summed E-state index contributed by atoms with van der Waals surface area (Å²) >= 11 is 1.66. The molecule has 3 aromatic carbocycles. The average molecular weight is 559 g/mol. The SMILES string of the molecule is CCOC(=O)c1ccoc1[C@@H]1S[C@H](COCc2ccccc2)[C@@H](OCc2ccccc2)[C@H]1OCc1ccccc1. The third-order valence-corrected chi connectivity index (χ3v) is 8.25. The Bertz CT molecular complexity index is 1310. The molecule has 0 N–H and O–H groups in total. The lowest BCUT2D eigenvalue weighted by Crippen LogP contribution is -2.37. The van der Waals surface area contributed by atoms with Gasteiger partial charge in [0.15, 0.2) is 0 Å². The number of benzene rings is 3. The third-order valence-electron chi connectivity index (χ3n) is 6.72. The third kappa shape index (κ3) is 7.23. The van der Waals surface area contributed by atoms with E-state index in [2.05, 4.69) is 0 Å². The standard InChI is InChI=1S/C33H34O6S/c1-2-36-33(34)27-18-19-37-29(27)32-31(39-22-26-16-10-5-11-17-26)30(38-21-25-14-8-4-9-15-25)28(40-32)23-35-20-24-12-6-3-7-13-24/h3-19,28,30-32H,2,20-23H2,1H3/t28-,30-,31-,32+/m1/s1. The van der Waals surface area contributed by atoms with Crippen LogP contribution in [0.4, 0.5) is 0 Å². The van der Waals surface area contributed by atoms with Crippen molar-refractivity contribution in [2.75, 3.05) is 13.2 Å². The van der Waals surface area contributed by atoms with Crippen molar-refractivity contribution in [2.45, 2.75) is 49.5 Å². The van der Waals surface area contributed by atoms with Crippen LogP contribution in [0.2, 0.25) is 0 Å². The maximum Gasteiger partial charge on any atom is 0.341 e. The maximum absolute atomic E-state index is 12.8. The molecule has 0 unspecified atom stereocenters. The fraction of sp³-hybridized carbons (Fsp3) is 0.303. The first kappa shape index (κ1) is 28.2. The van der Waals surface area contributed by atoms with Crippen LogP contribution in [0.1, 0.15) is 45.0 Å². The number of carbonyl (C=O) groups excluding carboxylic acids is 1. The topological polar surface area (TPSA) is 67.1 Å². The van der Waals surface area contributed by atoms with Crippen molar-refractivity contribution >= 4 is 17.7 Å².